The molecule has 0 atom stereocenters. The summed E-state index contributed by atoms with van der Waals surface area (Å²) in [4.78, 5) is 27.8. The van der Waals surface area contributed by atoms with Crippen molar-refractivity contribution in [1.29, 1.82) is 0 Å². The Kier molecular flexibility index (Phi) is 6.26. The Labute approximate surface area is 120 Å². The third kappa shape index (κ3) is 4.76. The van der Waals surface area contributed by atoms with Gasteiger partial charge in [0.25, 0.3) is 0 Å². The lowest BCUT2D eigenvalue weighted by Gasteiger charge is -2.26. The van der Waals surface area contributed by atoms with Gasteiger partial charge in [-0.15, -0.1) is 0 Å². The fraction of sp³-hybridized carbons (Fsp3) is 0.857. The summed E-state index contributed by atoms with van der Waals surface area (Å²) in [5.74, 6) is -0.825. The molecule has 0 aromatic heterocycles. The summed E-state index contributed by atoms with van der Waals surface area (Å²) in [6.45, 7) is 6.04. The van der Waals surface area contributed by atoms with Crippen molar-refractivity contribution in [2.45, 2.75) is 25.7 Å². The molecule has 2 amide bonds. The van der Waals surface area contributed by atoms with E-state index >= 15 is 0 Å². The topological polar surface area (TPSA) is 61.9 Å². The number of carbonyl (C=O) groups excluding carboxylic acids is 2. The molecule has 0 aromatic carbocycles. The predicted molar refractivity (Wildman–Crippen MR) is 75.3 cm³/mol. The van der Waals surface area contributed by atoms with E-state index in [9.17, 15) is 9.59 Å². The number of rotatable bonds is 3. The van der Waals surface area contributed by atoms with Crippen LogP contribution in [-0.4, -0.2) is 74.1 Å². The lowest BCUT2D eigenvalue weighted by Crippen LogP contribution is -2.46. The van der Waals surface area contributed by atoms with Crippen LogP contribution in [0.15, 0.2) is 0 Å². The van der Waals surface area contributed by atoms with E-state index in [1.54, 1.807) is 4.90 Å². The zero-order valence-electron chi connectivity index (χ0n) is 12.1. The normalized spacial score (nSPS) is 21.3. The molecule has 20 heavy (non-hydrogen) atoms. The number of hydrogen-bond donors (Lipinski definition) is 1. The molecule has 0 unspecified atom stereocenters. The van der Waals surface area contributed by atoms with Gasteiger partial charge in [0.1, 0.15) is 0 Å². The number of carbonyl (C=O) groups is 2. The Morgan fingerprint density at radius 3 is 2.25 bits per heavy atom. The number of nitrogens with zero attached hydrogens (tertiary/aromatic N) is 2. The van der Waals surface area contributed by atoms with Gasteiger partial charge in [0.2, 0.25) is 0 Å². The largest absolute Gasteiger partial charge is 0.379 e. The van der Waals surface area contributed by atoms with Crippen molar-refractivity contribution in [1.82, 2.24) is 15.1 Å². The lowest BCUT2D eigenvalue weighted by atomic mass is 10.2. The van der Waals surface area contributed by atoms with E-state index in [0.717, 1.165) is 71.6 Å². The van der Waals surface area contributed by atoms with Crippen LogP contribution < -0.4 is 5.32 Å². The summed E-state index contributed by atoms with van der Waals surface area (Å²) in [6.07, 6.45) is 4.32. The molecule has 114 valence electrons. The minimum Gasteiger partial charge on any atom is -0.379 e. The molecule has 0 saturated carbocycles. The van der Waals surface area contributed by atoms with Crippen LogP contribution >= 0.6 is 0 Å². The Morgan fingerprint density at radius 2 is 1.60 bits per heavy atom. The second-order valence-corrected chi connectivity index (χ2v) is 5.42. The predicted octanol–water partition coefficient (Wildman–Crippen LogP) is -0.163. The minimum atomic E-state index is -0.458. The molecular formula is C14H25N3O3. The van der Waals surface area contributed by atoms with Crippen LogP contribution in [0.5, 0.6) is 0 Å². The molecule has 2 aliphatic rings. The van der Waals surface area contributed by atoms with Crippen LogP contribution in [0.25, 0.3) is 0 Å². The van der Waals surface area contributed by atoms with Crippen molar-refractivity contribution in [3.05, 3.63) is 0 Å². The second kappa shape index (κ2) is 8.21. The van der Waals surface area contributed by atoms with Gasteiger partial charge in [-0.3, -0.25) is 14.5 Å². The molecule has 2 fully saturated rings. The fourth-order valence-corrected chi connectivity index (χ4v) is 2.65. The first-order chi connectivity index (χ1) is 9.77. The molecule has 2 saturated heterocycles. The molecule has 0 aliphatic carbocycles. The van der Waals surface area contributed by atoms with E-state index in [1.807, 2.05) is 0 Å². The van der Waals surface area contributed by atoms with Gasteiger partial charge in [-0.25, -0.2) is 0 Å². The molecule has 2 rings (SSSR count). The summed E-state index contributed by atoms with van der Waals surface area (Å²) < 4.78 is 5.27. The average Bonchev–Trinajstić information content (AvgIpc) is 2.76. The standard InChI is InChI=1S/C14H25N3O3/c18-13(14(19)17-6-3-1-2-4-7-17)15-5-8-16-9-11-20-12-10-16/h1-12H2,(H,15,18). The van der Waals surface area contributed by atoms with Crippen molar-refractivity contribution >= 4 is 11.8 Å². The maximum Gasteiger partial charge on any atom is 0.311 e. The van der Waals surface area contributed by atoms with Crippen LogP contribution in [0.1, 0.15) is 25.7 Å². The molecule has 0 bridgehead atoms. The van der Waals surface area contributed by atoms with Crippen molar-refractivity contribution in [2.24, 2.45) is 0 Å². The van der Waals surface area contributed by atoms with E-state index in [4.69, 9.17) is 4.74 Å². The van der Waals surface area contributed by atoms with Gasteiger partial charge in [0.15, 0.2) is 0 Å². The van der Waals surface area contributed by atoms with Gasteiger partial charge < -0.3 is 15.0 Å². The number of nitrogens with one attached hydrogen (secondary N) is 1. The molecule has 0 spiro atoms. The molecule has 6 nitrogen and oxygen atoms in total. The Hall–Kier alpha value is -1.14. The van der Waals surface area contributed by atoms with Gasteiger partial charge in [-0.1, -0.05) is 12.8 Å². The first kappa shape index (κ1) is 15.3. The van der Waals surface area contributed by atoms with E-state index in [1.165, 1.54) is 0 Å². The summed E-state index contributed by atoms with van der Waals surface area (Å²) in [5, 5.41) is 2.73. The van der Waals surface area contributed by atoms with Crippen LogP contribution in [-0.2, 0) is 14.3 Å². The van der Waals surface area contributed by atoms with E-state index in [0.29, 0.717) is 6.54 Å². The highest BCUT2D eigenvalue weighted by molar-refractivity contribution is 6.35. The molecule has 0 radical (unpaired) electrons. The minimum absolute atomic E-state index is 0.367. The maximum absolute atomic E-state index is 12.0. The van der Waals surface area contributed by atoms with Crippen LogP contribution in [0.2, 0.25) is 0 Å². The summed E-state index contributed by atoms with van der Waals surface area (Å²) in [7, 11) is 0. The van der Waals surface area contributed by atoms with Crippen molar-refractivity contribution < 1.29 is 14.3 Å². The van der Waals surface area contributed by atoms with Gasteiger partial charge >= 0.3 is 11.8 Å². The number of ether oxygens (including phenoxy) is 1. The van der Waals surface area contributed by atoms with Gasteiger partial charge in [0, 0.05) is 39.3 Å². The molecule has 2 aliphatic heterocycles. The first-order valence-corrected chi connectivity index (χ1v) is 7.64. The zero-order chi connectivity index (χ0) is 14.2. The fourth-order valence-electron chi connectivity index (χ4n) is 2.65. The SMILES string of the molecule is O=C(NCCN1CCOCC1)C(=O)N1CCCCCC1. The summed E-state index contributed by atoms with van der Waals surface area (Å²) >= 11 is 0. The molecule has 6 heteroatoms. The number of likely N-dealkylation sites (tertiary alicyclic amines) is 1. The van der Waals surface area contributed by atoms with Gasteiger partial charge in [-0.2, -0.15) is 0 Å². The van der Waals surface area contributed by atoms with Crippen molar-refractivity contribution in [3.63, 3.8) is 0 Å². The van der Waals surface area contributed by atoms with E-state index in [2.05, 4.69) is 10.2 Å². The Bertz CT molecular complexity index is 322. The number of morpholine rings is 1. The van der Waals surface area contributed by atoms with Gasteiger partial charge in [0.05, 0.1) is 13.2 Å². The second-order valence-electron chi connectivity index (χ2n) is 5.42. The van der Waals surface area contributed by atoms with Crippen molar-refractivity contribution in [3.8, 4) is 0 Å². The third-order valence-corrected chi connectivity index (χ3v) is 3.90. The van der Waals surface area contributed by atoms with E-state index < -0.39 is 5.91 Å². The first-order valence-electron chi connectivity index (χ1n) is 7.64. The number of hydrogen-bond acceptors (Lipinski definition) is 4. The Morgan fingerprint density at radius 1 is 0.950 bits per heavy atom. The Balaban J connectivity index is 1.66. The quantitative estimate of drug-likeness (QED) is 0.731. The van der Waals surface area contributed by atoms with Gasteiger partial charge in [-0.05, 0) is 12.8 Å². The summed E-state index contributed by atoms with van der Waals surface area (Å²) in [6, 6.07) is 0. The van der Waals surface area contributed by atoms with Crippen LogP contribution in [0, 0.1) is 0 Å². The molecule has 0 aromatic rings. The number of amides is 2. The highest BCUT2D eigenvalue weighted by Gasteiger charge is 2.22. The maximum atomic E-state index is 12.0. The van der Waals surface area contributed by atoms with E-state index in [-0.39, 0.29) is 5.91 Å². The highest BCUT2D eigenvalue weighted by Crippen LogP contribution is 2.09. The highest BCUT2D eigenvalue weighted by atomic mass is 16.5. The summed E-state index contributed by atoms with van der Waals surface area (Å²) in [5.41, 5.74) is 0. The lowest BCUT2D eigenvalue weighted by molar-refractivity contribution is -0.145. The van der Waals surface area contributed by atoms with Crippen LogP contribution in [0.3, 0.4) is 0 Å². The smallest absolute Gasteiger partial charge is 0.311 e. The zero-order valence-corrected chi connectivity index (χ0v) is 12.1. The third-order valence-electron chi connectivity index (χ3n) is 3.90. The average molecular weight is 283 g/mol. The molecule has 2 heterocycles. The monoisotopic (exact) mass is 283 g/mol. The van der Waals surface area contributed by atoms with Crippen molar-refractivity contribution in [2.75, 3.05) is 52.5 Å². The molecule has 1 N–H and O–H groups in total. The van der Waals surface area contributed by atoms with Crippen LogP contribution in [0.4, 0.5) is 0 Å². The molecular weight excluding hydrogens is 258 g/mol.